The summed E-state index contributed by atoms with van der Waals surface area (Å²) in [5.41, 5.74) is 0. The number of likely N-dealkylation sites (N-methyl/N-ethyl adjacent to an activating group) is 1. The van der Waals surface area contributed by atoms with E-state index in [0.29, 0.717) is 13.2 Å². The van der Waals surface area contributed by atoms with Crippen molar-refractivity contribution in [1.29, 1.82) is 0 Å². The maximum Gasteiger partial charge on any atom is 0.186 e. The van der Waals surface area contributed by atoms with Gasteiger partial charge in [-0.15, -0.1) is 0 Å². The van der Waals surface area contributed by atoms with Gasteiger partial charge in [0.15, 0.2) is 6.29 Å². The molecule has 4 N–H and O–H groups in total. The van der Waals surface area contributed by atoms with Crippen molar-refractivity contribution in [2.75, 3.05) is 26.8 Å². The van der Waals surface area contributed by atoms with Crippen molar-refractivity contribution in [3.05, 3.63) is 0 Å². The zero-order chi connectivity index (χ0) is 10.6. The van der Waals surface area contributed by atoms with Crippen molar-refractivity contribution < 1.29 is 24.8 Å². The standard InChI is InChI=1S/C8H17NO5/c1-9-2-3-13-8-7(12)6(11)5(4-10)14-8/h5-12H,2-4H2,1H3. The zero-order valence-electron chi connectivity index (χ0n) is 8.09. The Labute approximate surface area is 82.4 Å². The van der Waals surface area contributed by atoms with E-state index in [1.165, 1.54) is 0 Å². The summed E-state index contributed by atoms with van der Waals surface area (Å²) in [4.78, 5) is 0. The van der Waals surface area contributed by atoms with E-state index in [4.69, 9.17) is 14.6 Å². The van der Waals surface area contributed by atoms with Gasteiger partial charge in [-0.05, 0) is 7.05 Å². The van der Waals surface area contributed by atoms with E-state index in [1.54, 1.807) is 7.05 Å². The van der Waals surface area contributed by atoms with Gasteiger partial charge in [0.05, 0.1) is 13.2 Å². The van der Waals surface area contributed by atoms with Crippen LogP contribution in [0.15, 0.2) is 0 Å². The molecule has 0 aromatic carbocycles. The Morgan fingerprint density at radius 2 is 2.07 bits per heavy atom. The number of aliphatic hydroxyl groups excluding tert-OH is 3. The lowest BCUT2D eigenvalue weighted by atomic mass is 10.1. The third-order valence-electron chi connectivity index (χ3n) is 2.13. The molecule has 0 radical (unpaired) electrons. The van der Waals surface area contributed by atoms with Gasteiger partial charge in [0.25, 0.3) is 0 Å². The van der Waals surface area contributed by atoms with Crippen molar-refractivity contribution in [3.63, 3.8) is 0 Å². The topological polar surface area (TPSA) is 91.2 Å². The Morgan fingerprint density at radius 3 is 2.57 bits per heavy atom. The largest absolute Gasteiger partial charge is 0.394 e. The van der Waals surface area contributed by atoms with Crippen molar-refractivity contribution in [2.45, 2.75) is 24.6 Å². The second-order valence-electron chi connectivity index (χ2n) is 3.18. The molecule has 6 nitrogen and oxygen atoms in total. The van der Waals surface area contributed by atoms with Gasteiger partial charge in [0.2, 0.25) is 0 Å². The first-order valence-electron chi connectivity index (χ1n) is 4.59. The van der Waals surface area contributed by atoms with E-state index in [2.05, 4.69) is 5.32 Å². The maximum atomic E-state index is 9.43. The Kier molecular flexibility index (Phi) is 4.73. The summed E-state index contributed by atoms with van der Waals surface area (Å²) in [5, 5.41) is 30.4. The van der Waals surface area contributed by atoms with Gasteiger partial charge in [0.1, 0.15) is 18.3 Å². The minimum atomic E-state index is -1.09. The summed E-state index contributed by atoms with van der Waals surface area (Å²) >= 11 is 0. The van der Waals surface area contributed by atoms with Gasteiger partial charge in [-0.3, -0.25) is 0 Å². The van der Waals surface area contributed by atoms with Crippen LogP contribution in [-0.2, 0) is 9.47 Å². The van der Waals surface area contributed by atoms with Gasteiger partial charge in [-0.25, -0.2) is 0 Å². The van der Waals surface area contributed by atoms with Gasteiger partial charge in [-0.2, -0.15) is 0 Å². The lowest BCUT2D eigenvalue weighted by molar-refractivity contribution is -0.168. The number of nitrogens with one attached hydrogen (secondary N) is 1. The fraction of sp³-hybridized carbons (Fsp3) is 1.00. The van der Waals surface area contributed by atoms with E-state index in [1.807, 2.05) is 0 Å². The highest BCUT2D eigenvalue weighted by atomic mass is 16.7. The average molecular weight is 207 g/mol. The van der Waals surface area contributed by atoms with E-state index >= 15 is 0 Å². The first kappa shape index (κ1) is 11.8. The Hall–Kier alpha value is -0.240. The highest BCUT2D eigenvalue weighted by Gasteiger charge is 2.42. The highest BCUT2D eigenvalue weighted by Crippen LogP contribution is 2.21. The molecule has 1 rings (SSSR count). The SMILES string of the molecule is CNCCOC1OC(CO)C(O)C1O. The summed E-state index contributed by atoms with van der Waals surface area (Å²) in [6, 6.07) is 0. The van der Waals surface area contributed by atoms with Crippen LogP contribution >= 0.6 is 0 Å². The number of ether oxygens (including phenoxy) is 2. The van der Waals surface area contributed by atoms with Crippen molar-refractivity contribution >= 4 is 0 Å². The van der Waals surface area contributed by atoms with Crippen LogP contribution < -0.4 is 5.32 Å². The van der Waals surface area contributed by atoms with E-state index < -0.39 is 24.6 Å². The molecule has 0 bridgehead atoms. The molecule has 0 amide bonds. The minimum absolute atomic E-state index is 0.329. The molecule has 1 fully saturated rings. The fourth-order valence-corrected chi connectivity index (χ4v) is 1.28. The van der Waals surface area contributed by atoms with Gasteiger partial charge in [-0.1, -0.05) is 0 Å². The summed E-state index contributed by atoms with van der Waals surface area (Å²) in [5.74, 6) is 0. The van der Waals surface area contributed by atoms with Crippen molar-refractivity contribution in [2.24, 2.45) is 0 Å². The van der Waals surface area contributed by atoms with Gasteiger partial charge < -0.3 is 30.1 Å². The Balaban J connectivity index is 2.32. The molecule has 0 saturated carbocycles. The average Bonchev–Trinajstić information content (AvgIpc) is 2.46. The molecule has 1 aliphatic heterocycles. The molecule has 1 aliphatic rings. The predicted molar refractivity (Wildman–Crippen MR) is 47.6 cm³/mol. The predicted octanol–water partition coefficient (Wildman–Crippen LogP) is -2.34. The molecule has 14 heavy (non-hydrogen) atoms. The molecule has 0 aromatic heterocycles. The molecule has 1 heterocycles. The number of hydrogen-bond acceptors (Lipinski definition) is 6. The van der Waals surface area contributed by atoms with Crippen LogP contribution in [-0.4, -0.2) is 66.7 Å². The molecule has 4 atom stereocenters. The number of rotatable bonds is 5. The molecular weight excluding hydrogens is 190 g/mol. The Bertz CT molecular complexity index is 168. The van der Waals surface area contributed by atoms with Crippen LogP contribution in [0, 0.1) is 0 Å². The summed E-state index contributed by atoms with van der Waals surface area (Å²) in [7, 11) is 1.78. The van der Waals surface area contributed by atoms with Crippen LogP contribution in [0.25, 0.3) is 0 Å². The highest BCUT2D eigenvalue weighted by molar-refractivity contribution is 4.86. The second-order valence-corrected chi connectivity index (χ2v) is 3.18. The van der Waals surface area contributed by atoms with Crippen molar-refractivity contribution in [3.8, 4) is 0 Å². The van der Waals surface area contributed by atoms with Crippen LogP contribution in [0.4, 0.5) is 0 Å². The third-order valence-corrected chi connectivity index (χ3v) is 2.13. The van der Waals surface area contributed by atoms with Crippen LogP contribution in [0.3, 0.4) is 0 Å². The molecule has 0 aliphatic carbocycles. The molecule has 0 spiro atoms. The number of aliphatic hydroxyl groups is 3. The Morgan fingerprint density at radius 1 is 1.36 bits per heavy atom. The maximum absolute atomic E-state index is 9.43. The first-order valence-corrected chi connectivity index (χ1v) is 4.59. The zero-order valence-corrected chi connectivity index (χ0v) is 8.09. The molecule has 1 saturated heterocycles. The monoisotopic (exact) mass is 207 g/mol. The smallest absolute Gasteiger partial charge is 0.186 e. The normalized spacial score (nSPS) is 37.7. The minimum Gasteiger partial charge on any atom is -0.394 e. The lowest BCUT2D eigenvalue weighted by Gasteiger charge is -2.14. The van der Waals surface area contributed by atoms with Crippen LogP contribution in [0.1, 0.15) is 0 Å². The van der Waals surface area contributed by atoms with E-state index in [9.17, 15) is 10.2 Å². The third kappa shape index (κ3) is 2.63. The first-order chi connectivity index (χ1) is 6.70. The van der Waals surface area contributed by atoms with E-state index in [0.717, 1.165) is 0 Å². The van der Waals surface area contributed by atoms with E-state index in [-0.39, 0.29) is 6.61 Å². The molecule has 0 aromatic rings. The molecule has 6 heteroatoms. The number of hydrogen-bond donors (Lipinski definition) is 4. The van der Waals surface area contributed by atoms with Gasteiger partial charge >= 0.3 is 0 Å². The molecule has 4 unspecified atom stereocenters. The second kappa shape index (κ2) is 5.59. The molecule has 84 valence electrons. The van der Waals surface area contributed by atoms with Crippen LogP contribution in [0.5, 0.6) is 0 Å². The lowest BCUT2D eigenvalue weighted by Crippen LogP contribution is -2.35. The van der Waals surface area contributed by atoms with Gasteiger partial charge in [0, 0.05) is 6.54 Å². The summed E-state index contributed by atoms with van der Waals surface area (Å²) in [6.07, 6.45) is -3.79. The molecular formula is C8H17NO5. The van der Waals surface area contributed by atoms with Crippen molar-refractivity contribution in [1.82, 2.24) is 5.32 Å². The summed E-state index contributed by atoms with van der Waals surface area (Å²) in [6.45, 7) is 0.680. The quantitative estimate of drug-likeness (QED) is 0.378. The summed E-state index contributed by atoms with van der Waals surface area (Å²) < 4.78 is 10.2. The fourth-order valence-electron chi connectivity index (χ4n) is 1.28. The van der Waals surface area contributed by atoms with Crippen LogP contribution in [0.2, 0.25) is 0 Å².